The number of anilines is 1. The summed E-state index contributed by atoms with van der Waals surface area (Å²) in [7, 11) is -3.72. The van der Waals surface area contributed by atoms with Gasteiger partial charge in [0.25, 0.3) is 0 Å². The Morgan fingerprint density at radius 1 is 1.33 bits per heavy atom. The molecule has 0 saturated heterocycles. The first-order valence-electron chi connectivity index (χ1n) is 6.52. The number of aromatic nitrogens is 4. The lowest BCUT2D eigenvalue weighted by Crippen LogP contribution is -2.24. The Morgan fingerprint density at radius 3 is 2.71 bits per heavy atom. The largest absolute Gasteiger partial charge is 0.381 e. The van der Waals surface area contributed by atoms with Crippen LogP contribution in [0.15, 0.2) is 23.5 Å². The van der Waals surface area contributed by atoms with E-state index < -0.39 is 10.0 Å². The molecular weight excluding hydrogens is 292 g/mol. The molecule has 0 amide bonds. The minimum atomic E-state index is -3.72. The quantitative estimate of drug-likeness (QED) is 0.800. The van der Waals surface area contributed by atoms with Crippen molar-refractivity contribution >= 4 is 15.8 Å². The molecule has 0 aliphatic rings. The third kappa shape index (κ3) is 3.76. The zero-order valence-electron chi connectivity index (χ0n) is 11.9. The molecule has 2 heterocycles. The van der Waals surface area contributed by atoms with E-state index in [0.717, 1.165) is 12.1 Å². The number of sulfonamides is 1. The van der Waals surface area contributed by atoms with Gasteiger partial charge in [-0.15, -0.1) is 0 Å². The molecule has 0 aliphatic heterocycles. The maximum absolute atomic E-state index is 12.2. The van der Waals surface area contributed by atoms with Gasteiger partial charge in [0.1, 0.15) is 4.90 Å². The van der Waals surface area contributed by atoms with Crippen LogP contribution in [0.1, 0.15) is 24.7 Å². The first-order valence-corrected chi connectivity index (χ1v) is 8.01. The molecular formula is C12H18N6O2S. The SMILES string of the molecule is CCCn1cc(S(=O)(=O)NCc2cnc(C)cn2)c(N)n1. The molecule has 0 atom stereocenters. The van der Waals surface area contributed by atoms with E-state index in [-0.39, 0.29) is 17.3 Å². The molecule has 0 bridgehead atoms. The summed E-state index contributed by atoms with van der Waals surface area (Å²) in [5, 5.41) is 3.98. The highest BCUT2D eigenvalue weighted by molar-refractivity contribution is 7.89. The average molecular weight is 310 g/mol. The third-order valence-corrected chi connectivity index (χ3v) is 4.19. The second kappa shape index (κ2) is 6.19. The van der Waals surface area contributed by atoms with Crippen LogP contribution in [0.25, 0.3) is 0 Å². The molecule has 0 saturated carbocycles. The fraction of sp³-hybridized carbons (Fsp3) is 0.417. The minimum absolute atomic E-state index is 0.00839. The van der Waals surface area contributed by atoms with Gasteiger partial charge in [-0.05, 0) is 13.3 Å². The van der Waals surface area contributed by atoms with E-state index in [2.05, 4.69) is 19.8 Å². The molecule has 0 aromatic carbocycles. The fourth-order valence-corrected chi connectivity index (χ4v) is 2.80. The van der Waals surface area contributed by atoms with Gasteiger partial charge in [0.2, 0.25) is 10.0 Å². The van der Waals surface area contributed by atoms with Crippen molar-refractivity contribution in [2.75, 3.05) is 5.73 Å². The zero-order valence-corrected chi connectivity index (χ0v) is 12.8. The summed E-state index contributed by atoms with van der Waals surface area (Å²) in [6, 6.07) is 0. The lowest BCUT2D eigenvalue weighted by Gasteiger charge is -2.04. The third-order valence-electron chi connectivity index (χ3n) is 2.77. The van der Waals surface area contributed by atoms with Crippen LogP contribution in [0.4, 0.5) is 5.82 Å². The van der Waals surface area contributed by atoms with Gasteiger partial charge in [0.15, 0.2) is 5.82 Å². The first-order chi connectivity index (χ1) is 9.92. The lowest BCUT2D eigenvalue weighted by atomic mass is 10.4. The molecule has 0 spiro atoms. The molecule has 0 fully saturated rings. The van der Waals surface area contributed by atoms with Crippen LogP contribution in [0.3, 0.4) is 0 Å². The van der Waals surface area contributed by atoms with E-state index in [1.165, 1.54) is 17.1 Å². The van der Waals surface area contributed by atoms with Crippen LogP contribution in [-0.2, 0) is 23.1 Å². The molecule has 114 valence electrons. The molecule has 2 aromatic rings. The second-order valence-electron chi connectivity index (χ2n) is 4.62. The molecule has 21 heavy (non-hydrogen) atoms. The van der Waals surface area contributed by atoms with E-state index in [1.54, 1.807) is 6.20 Å². The zero-order chi connectivity index (χ0) is 15.5. The number of rotatable bonds is 6. The number of nitrogens with two attached hydrogens (primary N) is 1. The number of aryl methyl sites for hydroxylation is 2. The van der Waals surface area contributed by atoms with Gasteiger partial charge in [-0.1, -0.05) is 6.92 Å². The van der Waals surface area contributed by atoms with Crippen LogP contribution in [0.2, 0.25) is 0 Å². The van der Waals surface area contributed by atoms with E-state index >= 15 is 0 Å². The van der Waals surface area contributed by atoms with Crippen LogP contribution >= 0.6 is 0 Å². The van der Waals surface area contributed by atoms with Gasteiger partial charge in [0.05, 0.1) is 24.1 Å². The summed E-state index contributed by atoms with van der Waals surface area (Å²) < 4.78 is 28.4. The predicted molar refractivity (Wildman–Crippen MR) is 77.7 cm³/mol. The van der Waals surface area contributed by atoms with Crippen LogP contribution in [0.5, 0.6) is 0 Å². The van der Waals surface area contributed by atoms with Gasteiger partial charge in [-0.2, -0.15) is 5.10 Å². The van der Waals surface area contributed by atoms with Gasteiger partial charge in [0, 0.05) is 18.9 Å². The molecule has 2 rings (SSSR count). The van der Waals surface area contributed by atoms with Crippen molar-refractivity contribution in [3.63, 3.8) is 0 Å². The molecule has 2 aromatic heterocycles. The molecule has 9 heteroatoms. The highest BCUT2D eigenvalue weighted by Gasteiger charge is 2.21. The van der Waals surface area contributed by atoms with E-state index in [9.17, 15) is 8.42 Å². The van der Waals surface area contributed by atoms with Crippen LogP contribution < -0.4 is 10.5 Å². The lowest BCUT2D eigenvalue weighted by molar-refractivity contribution is 0.578. The molecule has 8 nitrogen and oxygen atoms in total. The van der Waals surface area contributed by atoms with Crippen molar-refractivity contribution in [1.29, 1.82) is 0 Å². The number of nitrogen functional groups attached to an aromatic ring is 1. The maximum atomic E-state index is 12.2. The van der Waals surface area contributed by atoms with Crippen LogP contribution in [0, 0.1) is 6.92 Å². The van der Waals surface area contributed by atoms with E-state index in [4.69, 9.17) is 5.73 Å². The van der Waals surface area contributed by atoms with Crippen LogP contribution in [-0.4, -0.2) is 28.2 Å². The Bertz CT molecular complexity index is 708. The molecule has 3 N–H and O–H groups in total. The highest BCUT2D eigenvalue weighted by Crippen LogP contribution is 2.16. The summed E-state index contributed by atoms with van der Waals surface area (Å²) in [6.07, 6.45) is 5.38. The van der Waals surface area contributed by atoms with Crippen molar-refractivity contribution < 1.29 is 8.42 Å². The first kappa shape index (κ1) is 15.4. The topological polar surface area (TPSA) is 116 Å². The summed E-state index contributed by atoms with van der Waals surface area (Å²) in [4.78, 5) is 8.13. The predicted octanol–water partition coefficient (Wildman–Crippen LogP) is 0.452. The second-order valence-corrected chi connectivity index (χ2v) is 6.35. The Labute approximate surface area is 123 Å². The standard InChI is InChI=1S/C12H18N6O2S/c1-3-4-18-8-11(12(13)17-18)21(19,20)16-7-10-6-14-9(2)5-15-10/h5-6,8,16H,3-4,7H2,1-2H3,(H2,13,17). The van der Waals surface area contributed by atoms with Gasteiger partial charge >= 0.3 is 0 Å². The van der Waals surface area contributed by atoms with Crippen molar-refractivity contribution in [3.8, 4) is 0 Å². The van der Waals surface area contributed by atoms with Crippen molar-refractivity contribution in [3.05, 3.63) is 30.0 Å². The smallest absolute Gasteiger partial charge is 0.246 e. The number of nitrogens with one attached hydrogen (secondary N) is 1. The summed E-state index contributed by atoms with van der Waals surface area (Å²) in [5.74, 6) is -0.00839. The van der Waals surface area contributed by atoms with Gasteiger partial charge in [-0.3, -0.25) is 14.6 Å². The fourth-order valence-electron chi connectivity index (χ4n) is 1.73. The van der Waals surface area contributed by atoms with Gasteiger partial charge < -0.3 is 5.73 Å². The Morgan fingerprint density at radius 2 is 2.10 bits per heavy atom. The van der Waals surface area contributed by atoms with Crippen molar-refractivity contribution in [2.24, 2.45) is 0 Å². The summed E-state index contributed by atoms with van der Waals surface area (Å²) in [5.41, 5.74) is 6.97. The molecule has 0 aliphatic carbocycles. The normalized spacial score (nSPS) is 11.7. The number of hydrogen-bond donors (Lipinski definition) is 2. The average Bonchev–Trinajstić information content (AvgIpc) is 2.80. The maximum Gasteiger partial charge on any atom is 0.246 e. The van der Waals surface area contributed by atoms with E-state index in [0.29, 0.717) is 12.2 Å². The number of hydrogen-bond acceptors (Lipinski definition) is 6. The van der Waals surface area contributed by atoms with E-state index in [1.807, 2.05) is 13.8 Å². The molecule has 0 unspecified atom stereocenters. The molecule has 0 radical (unpaired) electrons. The number of nitrogens with zero attached hydrogens (tertiary/aromatic N) is 4. The van der Waals surface area contributed by atoms with Crippen molar-refractivity contribution in [2.45, 2.75) is 38.3 Å². The Hall–Kier alpha value is -2.00. The highest BCUT2D eigenvalue weighted by atomic mass is 32.2. The Balaban J connectivity index is 2.12. The Kier molecular flexibility index (Phi) is 4.53. The summed E-state index contributed by atoms with van der Waals surface area (Å²) >= 11 is 0. The minimum Gasteiger partial charge on any atom is -0.381 e. The van der Waals surface area contributed by atoms with Crippen molar-refractivity contribution in [1.82, 2.24) is 24.5 Å². The summed E-state index contributed by atoms with van der Waals surface area (Å²) in [6.45, 7) is 4.45. The van der Waals surface area contributed by atoms with Gasteiger partial charge in [-0.25, -0.2) is 13.1 Å². The monoisotopic (exact) mass is 310 g/mol.